The average Bonchev–Trinajstić information content (AvgIpc) is 2.98. The minimum absolute atomic E-state index is 0.895. The number of thiophene rings is 1. The summed E-state index contributed by atoms with van der Waals surface area (Å²) in [5.41, 5.74) is 2.46. The summed E-state index contributed by atoms with van der Waals surface area (Å²) in [5, 5.41) is 5.60. The number of aromatic nitrogens is 1. The molecule has 0 spiro atoms. The number of rotatable bonds is 8. The fraction of sp³-hybridized carbons (Fsp3) is 0.438. The summed E-state index contributed by atoms with van der Waals surface area (Å²) in [6.07, 6.45) is 1.92. The molecule has 0 atom stereocenters. The molecule has 2 rings (SSSR count). The summed E-state index contributed by atoms with van der Waals surface area (Å²) >= 11 is 1.79. The van der Waals surface area contributed by atoms with Crippen LogP contribution in [0.4, 0.5) is 0 Å². The van der Waals surface area contributed by atoms with Gasteiger partial charge < -0.3 is 5.32 Å². The first-order valence-electron chi connectivity index (χ1n) is 7.21. The summed E-state index contributed by atoms with van der Waals surface area (Å²) < 4.78 is 0. The lowest BCUT2D eigenvalue weighted by Crippen LogP contribution is -2.23. The Hall–Kier alpha value is -1.23. The molecule has 4 heteroatoms. The van der Waals surface area contributed by atoms with Gasteiger partial charge in [0.25, 0.3) is 0 Å². The molecule has 2 aromatic heterocycles. The first kappa shape index (κ1) is 15.2. The van der Waals surface area contributed by atoms with Gasteiger partial charge in [-0.1, -0.05) is 19.9 Å². The predicted octanol–water partition coefficient (Wildman–Crippen LogP) is 3.27. The van der Waals surface area contributed by atoms with Gasteiger partial charge in [0.1, 0.15) is 0 Å². The molecule has 0 bridgehead atoms. The van der Waals surface area contributed by atoms with E-state index in [0.29, 0.717) is 0 Å². The lowest BCUT2D eigenvalue weighted by Gasteiger charge is -2.17. The standard InChI is InChI=1S/C16H23N3S/c1-3-19(4-2)13-15-10-14(7-8-18-15)11-17-12-16-6-5-9-20-16/h5-10,17H,3-4,11-13H2,1-2H3. The molecule has 2 heterocycles. The van der Waals surface area contributed by atoms with Crippen LogP contribution in [0, 0.1) is 0 Å². The van der Waals surface area contributed by atoms with Crippen molar-refractivity contribution in [2.75, 3.05) is 13.1 Å². The van der Waals surface area contributed by atoms with Crippen LogP contribution in [-0.4, -0.2) is 23.0 Å². The molecule has 108 valence electrons. The van der Waals surface area contributed by atoms with E-state index in [1.165, 1.54) is 10.4 Å². The minimum Gasteiger partial charge on any atom is -0.308 e. The molecule has 0 aliphatic carbocycles. The van der Waals surface area contributed by atoms with Crippen LogP contribution in [-0.2, 0) is 19.6 Å². The molecule has 0 unspecified atom stereocenters. The van der Waals surface area contributed by atoms with Crippen molar-refractivity contribution in [3.63, 3.8) is 0 Å². The number of hydrogen-bond donors (Lipinski definition) is 1. The van der Waals surface area contributed by atoms with Crippen molar-refractivity contribution in [2.24, 2.45) is 0 Å². The van der Waals surface area contributed by atoms with Crippen molar-refractivity contribution in [3.8, 4) is 0 Å². The Morgan fingerprint density at radius 1 is 1.20 bits per heavy atom. The molecule has 2 aromatic rings. The third-order valence-corrected chi connectivity index (χ3v) is 4.25. The molecule has 0 aromatic carbocycles. The molecule has 0 amide bonds. The summed E-state index contributed by atoms with van der Waals surface area (Å²) in [7, 11) is 0. The van der Waals surface area contributed by atoms with Gasteiger partial charge in [-0.3, -0.25) is 9.88 Å². The van der Waals surface area contributed by atoms with Crippen molar-refractivity contribution >= 4 is 11.3 Å². The summed E-state index contributed by atoms with van der Waals surface area (Å²) in [4.78, 5) is 8.22. The monoisotopic (exact) mass is 289 g/mol. The van der Waals surface area contributed by atoms with E-state index in [9.17, 15) is 0 Å². The van der Waals surface area contributed by atoms with Crippen LogP contribution in [0.2, 0.25) is 0 Å². The number of hydrogen-bond acceptors (Lipinski definition) is 4. The molecule has 0 aliphatic rings. The molecule has 0 saturated heterocycles. The predicted molar refractivity (Wildman–Crippen MR) is 85.7 cm³/mol. The number of nitrogens with one attached hydrogen (secondary N) is 1. The summed E-state index contributed by atoms with van der Waals surface area (Å²) in [5.74, 6) is 0. The van der Waals surface area contributed by atoms with E-state index in [1.807, 2.05) is 6.20 Å². The van der Waals surface area contributed by atoms with Crippen LogP contribution >= 0.6 is 11.3 Å². The molecular formula is C16H23N3S. The summed E-state index contributed by atoms with van der Waals surface area (Å²) in [6, 6.07) is 8.55. The SMILES string of the molecule is CCN(CC)Cc1cc(CNCc2cccs2)ccn1. The first-order valence-corrected chi connectivity index (χ1v) is 8.09. The van der Waals surface area contributed by atoms with Gasteiger partial charge in [0, 0.05) is 30.7 Å². The Bertz CT molecular complexity index is 492. The van der Waals surface area contributed by atoms with E-state index >= 15 is 0 Å². The van der Waals surface area contributed by atoms with Crippen molar-refractivity contribution in [2.45, 2.75) is 33.5 Å². The molecule has 1 N–H and O–H groups in total. The van der Waals surface area contributed by atoms with Crippen LogP contribution < -0.4 is 5.32 Å². The lowest BCUT2D eigenvalue weighted by atomic mass is 10.2. The van der Waals surface area contributed by atoms with Gasteiger partial charge in [-0.2, -0.15) is 0 Å². The normalized spacial score (nSPS) is 11.2. The Morgan fingerprint density at radius 2 is 2.05 bits per heavy atom. The zero-order chi connectivity index (χ0) is 14.2. The Labute approximate surface area is 125 Å². The first-order chi connectivity index (χ1) is 9.81. The van der Waals surface area contributed by atoms with Gasteiger partial charge in [0.05, 0.1) is 5.69 Å². The maximum Gasteiger partial charge on any atom is 0.0547 e. The van der Waals surface area contributed by atoms with Crippen molar-refractivity contribution in [1.82, 2.24) is 15.2 Å². The van der Waals surface area contributed by atoms with E-state index in [1.54, 1.807) is 11.3 Å². The smallest absolute Gasteiger partial charge is 0.0547 e. The van der Waals surface area contributed by atoms with Gasteiger partial charge in [0.15, 0.2) is 0 Å². The highest BCUT2D eigenvalue weighted by Gasteiger charge is 2.03. The lowest BCUT2D eigenvalue weighted by molar-refractivity contribution is 0.292. The summed E-state index contributed by atoms with van der Waals surface area (Å²) in [6.45, 7) is 9.28. The molecular weight excluding hydrogens is 266 g/mol. The Morgan fingerprint density at radius 3 is 2.75 bits per heavy atom. The molecule has 0 radical (unpaired) electrons. The van der Waals surface area contributed by atoms with Gasteiger partial charge in [-0.15, -0.1) is 11.3 Å². The van der Waals surface area contributed by atoms with Crippen LogP contribution in [0.25, 0.3) is 0 Å². The van der Waals surface area contributed by atoms with Crippen LogP contribution in [0.3, 0.4) is 0 Å². The minimum atomic E-state index is 0.895. The fourth-order valence-corrected chi connectivity index (χ4v) is 2.82. The molecule has 0 aliphatic heterocycles. The average molecular weight is 289 g/mol. The third-order valence-electron chi connectivity index (χ3n) is 3.37. The fourth-order valence-electron chi connectivity index (χ4n) is 2.14. The van der Waals surface area contributed by atoms with Gasteiger partial charge in [0.2, 0.25) is 0 Å². The second-order valence-corrected chi connectivity index (χ2v) is 5.83. The van der Waals surface area contributed by atoms with Gasteiger partial charge >= 0.3 is 0 Å². The van der Waals surface area contributed by atoms with E-state index < -0.39 is 0 Å². The highest BCUT2D eigenvalue weighted by atomic mass is 32.1. The van der Waals surface area contributed by atoms with E-state index in [4.69, 9.17) is 0 Å². The molecule has 0 saturated carbocycles. The Kier molecular flexibility index (Phi) is 6.18. The van der Waals surface area contributed by atoms with Crippen LogP contribution in [0.15, 0.2) is 35.8 Å². The zero-order valence-electron chi connectivity index (χ0n) is 12.3. The van der Waals surface area contributed by atoms with E-state index in [2.05, 4.69) is 58.7 Å². The van der Waals surface area contributed by atoms with Gasteiger partial charge in [-0.25, -0.2) is 0 Å². The van der Waals surface area contributed by atoms with E-state index in [0.717, 1.165) is 38.4 Å². The molecule has 3 nitrogen and oxygen atoms in total. The maximum absolute atomic E-state index is 4.47. The van der Waals surface area contributed by atoms with Crippen molar-refractivity contribution < 1.29 is 0 Å². The highest BCUT2D eigenvalue weighted by Crippen LogP contribution is 2.09. The largest absolute Gasteiger partial charge is 0.308 e. The number of nitrogens with zero attached hydrogens (tertiary/aromatic N) is 2. The van der Waals surface area contributed by atoms with Crippen molar-refractivity contribution in [3.05, 3.63) is 52.0 Å². The number of pyridine rings is 1. The van der Waals surface area contributed by atoms with Gasteiger partial charge in [-0.05, 0) is 42.2 Å². The molecule has 20 heavy (non-hydrogen) atoms. The van der Waals surface area contributed by atoms with Crippen LogP contribution in [0.5, 0.6) is 0 Å². The zero-order valence-corrected chi connectivity index (χ0v) is 13.1. The third kappa shape index (κ3) is 4.71. The van der Waals surface area contributed by atoms with E-state index in [-0.39, 0.29) is 0 Å². The molecule has 0 fully saturated rings. The van der Waals surface area contributed by atoms with Crippen LogP contribution in [0.1, 0.15) is 30.0 Å². The second-order valence-electron chi connectivity index (χ2n) is 4.80. The van der Waals surface area contributed by atoms with Crippen molar-refractivity contribution in [1.29, 1.82) is 0 Å². The maximum atomic E-state index is 4.47. The highest BCUT2D eigenvalue weighted by molar-refractivity contribution is 7.09. The second kappa shape index (κ2) is 8.15. The Balaban J connectivity index is 1.85. The topological polar surface area (TPSA) is 28.2 Å². The quantitative estimate of drug-likeness (QED) is 0.808.